The number of nitrogens with one attached hydrogen (secondary N) is 1. The number of nitrogens with zero attached hydrogens (tertiary/aromatic N) is 2. The fourth-order valence-corrected chi connectivity index (χ4v) is 2.31. The highest BCUT2D eigenvalue weighted by Crippen LogP contribution is 2.13. The average Bonchev–Trinajstić information content (AvgIpc) is 2.40. The third-order valence-corrected chi connectivity index (χ3v) is 3.51. The van der Waals surface area contributed by atoms with Crippen molar-refractivity contribution < 1.29 is 0 Å². The van der Waals surface area contributed by atoms with Crippen molar-refractivity contribution in [1.82, 2.24) is 9.80 Å². The lowest BCUT2D eigenvalue weighted by Gasteiger charge is -2.32. The van der Waals surface area contributed by atoms with Gasteiger partial charge in [-0.2, -0.15) is 0 Å². The number of piperazine rings is 1. The number of benzene rings is 1. The van der Waals surface area contributed by atoms with Crippen LogP contribution in [0.5, 0.6) is 0 Å². The number of anilines is 1. The van der Waals surface area contributed by atoms with Gasteiger partial charge < -0.3 is 10.2 Å². The summed E-state index contributed by atoms with van der Waals surface area (Å²) in [6.45, 7) is 9.07. The molecule has 0 saturated carbocycles. The van der Waals surface area contributed by atoms with Crippen molar-refractivity contribution in [2.75, 3.05) is 45.1 Å². The molecular weight excluding hydrogens is 222 g/mol. The van der Waals surface area contributed by atoms with Crippen molar-refractivity contribution in [3.8, 4) is 0 Å². The highest BCUT2D eigenvalue weighted by Gasteiger charge is 2.13. The first-order chi connectivity index (χ1) is 8.78. The van der Waals surface area contributed by atoms with E-state index in [0.717, 1.165) is 13.1 Å². The van der Waals surface area contributed by atoms with E-state index in [1.807, 2.05) is 0 Å². The highest BCUT2D eigenvalue weighted by atomic mass is 15.2. The van der Waals surface area contributed by atoms with Crippen molar-refractivity contribution in [2.45, 2.75) is 19.9 Å². The second-order valence-electron chi connectivity index (χ2n) is 5.21. The molecule has 1 fully saturated rings. The Morgan fingerprint density at radius 2 is 1.94 bits per heavy atom. The number of likely N-dealkylation sites (N-methyl/N-ethyl adjacent to an activating group) is 1. The van der Waals surface area contributed by atoms with Crippen molar-refractivity contribution in [2.24, 2.45) is 0 Å². The fourth-order valence-electron chi connectivity index (χ4n) is 2.31. The zero-order valence-electron chi connectivity index (χ0n) is 11.7. The van der Waals surface area contributed by atoms with E-state index < -0.39 is 0 Å². The Labute approximate surface area is 111 Å². The molecule has 1 aliphatic heterocycles. The maximum atomic E-state index is 3.45. The van der Waals surface area contributed by atoms with E-state index in [0.29, 0.717) is 0 Å². The molecule has 3 nitrogen and oxygen atoms in total. The van der Waals surface area contributed by atoms with Crippen molar-refractivity contribution in [3.63, 3.8) is 0 Å². The summed E-state index contributed by atoms with van der Waals surface area (Å²) in [5.74, 6) is 0. The lowest BCUT2D eigenvalue weighted by Crippen LogP contribution is -2.43. The van der Waals surface area contributed by atoms with Gasteiger partial charge in [0.05, 0.1) is 0 Å². The van der Waals surface area contributed by atoms with E-state index in [9.17, 15) is 0 Å². The molecule has 1 heterocycles. The highest BCUT2D eigenvalue weighted by molar-refractivity contribution is 5.45. The predicted molar refractivity (Wildman–Crippen MR) is 78.0 cm³/mol. The van der Waals surface area contributed by atoms with Gasteiger partial charge in [-0.05, 0) is 31.2 Å². The number of rotatable bonds is 5. The molecule has 1 aromatic carbocycles. The van der Waals surface area contributed by atoms with Crippen LogP contribution in [0.25, 0.3) is 0 Å². The van der Waals surface area contributed by atoms with Crippen LogP contribution in [-0.4, -0.2) is 49.6 Å². The van der Waals surface area contributed by atoms with Gasteiger partial charge in [-0.3, -0.25) is 4.90 Å². The van der Waals surface area contributed by atoms with Crippen LogP contribution in [0.4, 0.5) is 5.69 Å². The first-order valence-electron chi connectivity index (χ1n) is 7.01. The predicted octanol–water partition coefficient (Wildman–Crippen LogP) is 2.26. The first-order valence-corrected chi connectivity index (χ1v) is 7.01. The smallest absolute Gasteiger partial charge is 0.0343 e. The van der Waals surface area contributed by atoms with Crippen LogP contribution in [0.1, 0.15) is 18.9 Å². The summed E-state index contributed by atoms with van der Waals surface area (Å²) in [7, 11) is 2.20. The van der Waals surface area contributed by atoms with E-state index in [-0.39, 0.29) is 0 Å². The molecule has 1 aliphatic rings. The van der Waals surface area contributed by atoms with Crippen LogP contribution in [0.15, 0.2) is 24.3 Å². The molecule has 2 rings (SSSR count). The summed E-state index contributed by atoms with van der Waals surface area (Å²) in [4.78, 5) is 4.94. The van der Waals surface area contributed by atoms with Gasteiger partial charge in [0.1, 0.15) is 0 Å². The molecule has 0 unspecified atom stereocenters. The lowest BCUT2D eigenvalue weighted by molar-refractivity contribution is 0.148. The van der Waals surface area contributed by atoms with Gasteiger partial charge in [-0.1, -0.05) is 19.1 Å². The van der Waals surface area contributed by atoms with Crippen LogP contribution in [0, 0.1) is 0 Å². The van der Waals surface area contributed by atoms with Gasteiger partial charge in [-0.15, -0.1) is 0 Å². The minimum absolute atomic E-state index is 1.05. The molecule has 0 amide bonds. The van der Waals surface area contributed by atoms with E-state index in [4.69, 9.17) is 0 Å². The normalized spacial score (nSPS) is 17.9. The molecule has 1 N–H and O–H groups in total. The van der Waals surface area contributed by atoms with Crippen molar-refractivity contribution in [1.29, 1.82) is 0 Å². The van der Waals surface area contributed by atoms with E-state index >= 15 is 0 Å². The lowest BCUT2D eigenvalue weighted by atomic mass is 10.1. The SMILES string of the molecule is CCCNc1cccc(CN2CCN(C)CC2)c1. The Bertz CT molecular complexity index is 357. The molecule has 18 heavy (non-hydrogen) atoms. The van der Waals surface area contributed by atoms with Crippen LogP contribution in [-0.2, 0) is 6.54 Å². The maximum Gasteiger partial charge on any atom is 0.0343 e. The van der Waals surface area contributed by atoms with Crippen molar-refractivity contribution >= 4 is 5.69 Å². The Morgan fingerprint density at radius 3 is 2.67 bits per heavy atom. The Morgan fingerprint density at radius 1 is 1.17 bits per heavy atom. The van der Waals surface area contributed by atoms with Gasteiger partial charge >= 0.3 is 0 Å². The molecule has 1 aromatic rings. The summed E-state index contributed by atoms with van der Waals surface area (Å²) in [6, 6.07) is 8.83. The Balaban J connectivity index is 1.88. The monoisotopic (exact) mass is 247 g/mol. The van der Waals surface area contributed by atoms with E-state index in [1.54, 1.807) is 0 Å². The summed E-state index contributed by atoms with van der Waals surface area (Å²) < 4.78 is 0. The zero-order chi connectivity index (χ0) is 12.8. The quantitative estimate of drug-likeness (QED) is 0.861. The van der Waals surface area contributed by atoms with Gasteiger partial charge in [0.2, 0.25) is 0 Å². The third-order valence-electron chi connectivity index (χ3n) is 3.51. The molecule has 1 saturated heterocycles. The van der Waals surface area contributed by atoms with Gasteiger partial charge in [-0.25, -0.2) is 0 Å². The van der Waals surface area contributed by atoms with Gasteiger partial charge in [0.15, 0.2) is 0 Å². The van der Waals surface area contributed by atoms with E-state index in [2.05, 4.69) is 53.4 Å². The summed E-state index contributed by atoms with van der Waals surface area (Å²) >= 11 is 0. The Kier molecular flexibility index (Phi) is 5.02. The van der Waals surface area contributed by atoms with Crippen LogP contribution >= 0.6 is 0 Å². The van der Waals surface area contributed by atoms with E-state index in [1.165, 1.54) is 43.9 Å². The maximum absolute atomic E-state index is 3.45. The largest absolute Gasteiger partial charge is 0.385 e. The van der Waals surface area contributed by atoms with Crippen LogP contribution in [0.2, 0.25) is 0 Å². The minimum Gasteiger partial charge on any atom is -0.385 e. The molecule has 0 aromatic heterocycles. The van der Waals surface area contributed by atoms with Gasteiger partial charge in [0.25, 0.3) is 0 Å². The molecule has 100 valence electrons. The molecule has 0 spiro atoms. The zero-order valence-corrected chi connectivity index (χ0v) is 11.7. The third kappa shape index (κ3) is 4.00. The van der Waals surface area contributed by atoms with Crippen molar-refractivity contribution in [3.05, 3.63) is 29.8 Å². The fraction of sp³-hybridized carbons (Fsp3) is 0.600. The Hall–Kier alpha value is -1.06. The van der Waals surface area contributed by atoms with Crippen LogP contribution in [0.3, 0.4) is 0 Å². The average molecular weight is 247 g/mol. The first kappa shape index (κ1) is 13.4. The standard InChI is InChI=1S/C15H25N3/c1-3-7-16-15-6-4-5-14(12-15)13-18-10-8-17(2)9-11-18/h4-6,12,16H,3,7-11,13H2,1-2H3. The summed E-state index contributed by atoms with van der Waals surface area (Å²) in [5, 5.41) is 3.45. The molecule has 3 heteroatoms. The number of hydrogen-bond donors (Lipinski definition) is 1. The second-order valence-corrected chi connectivity index (χ2v) is 5.21. The molecule has 0 bridgehead atoms. The minimum atomic E-state index is 1.05. The van der Waals surface area contributed by atoms with Gasteiger partial charge in [0, 0.05) is 45.0 Å². The molecule has 0 atom stereocenters. The molecule has 0 aliphatic carbocycles. The number of hydrogen-bond acceptors (Lipinski definition) is 3. The second kappa shape index (κ2) is 6.76. The molecular formula is C15H25N3. The summed E-state index contributed by atoms with van der Waals surface area (Å²) in [6.07, 6.45) is 1.17. The topological polar surface area (TPSA) is 18.5 Å². The van der Waals surface area contributed by atoms with Crippen LogP contribution < -0.4 is 5.32 Å². The molecule has 0 radical (unpaired) electrons. The summed E-state index contributed by atoms with van der Waals surface area (Å²) in [5.41, 5.74) is 2.67.